The molecule has 0 aromatic heterocycles. The van der Waals surface area contributed by atoms with Gasteiger partial charge in [0.1, 0.15) is 5.78 Å². The third kappa shape index (κ3) is 1.56. The van der Waals surface area contributed by atoms with Gasteiger partial charge in [-0.05, 0) is 68.8 Å². The molecule has 0 saturated heterocycles. The van der Waals surface area contributed by atoms with Gasteiger partial charge in [0.2, 0.25) is 0 Å². The fourth-order valence-corrected chi connectivity index (χ4v) is 6.30. The van der Waals surface area contributed by atoms with Crippen LogP contribution < -0.4 is 0 Å². The summed E-state index contributed by atoms with van der Waals surface area (Å²) in [4.78, 5) is 24.2. The van der Waals surface area contributed by atoms with Crippen LogP contribution in [-0.2, 0) is 9.59 Å². The van der Waals surface area contributed by atoms with Crippen LogP contribution in [-0.4, -0.2) is 22.3 Å². The lowest BCUT2D eigenvalue weighted by Crippen LogP contribution is -2.60. The lowest BCUT2D eigenvalue weighted by molar-refractivity contribution is -0.178. The number of Topliss-reactive ketones (excluding diaryl/α,β-unsaturated/α-hetero) is 1. The van der Waals surface area contributed by atoms with Crippen molar-refractivity contribution in [3.05, 3.63) is 11.6 Å². The Labute approximate surface area is 132 Å². The van der Waals surface area contributed by atoms with Crippen molar-refractivity contribution in [1.82, 2.24) is 0 Å². The molecule has 4 aliphatic rings. The second-order valence-electron chi connectivity index (χ2n) is 8.52. The summed E-state index contributed by atoms with van der Waals surface area (Å²) in [5, 5.41) is 11.5. The molecule has 0 amide bonds. The van der Waals surface area contributed by atoms with Gasteiger partial charge in [-0.15, -0.1) is 0 Å². The molecule has 0 heterocycles. The Morgan fingerprint density at radius 2 is 1.77 bits per heavy atom. The summed E-state index contributed by atoms with van der Waals surface area (Å²) in [6.45, 7) is 4.29. The van der Waals surface area contributed by atoms with Gasteiger partial charge in [-0.1, -0.05) is 12.5 Å². The smallest absolute Gasteiger partial charge is 0.155 e. The number of aliphatic hydroxyl groups is 1. The van der Waals surface area contributed by atoms with Crippen LogP contribution in [0.4, 0.5) is 0 Å². The molecule has 4 aliphatic carbocycles. The number of allylic oxidation sites excluding steroid dienone is 1. The van der Waals surface area contributed by atoms with Gasteiger partial charge in [-0.2, -0.15) is 0 Å². The van der Waals surface area contributed by atoms with Crippen molar-refractivity contribution >= 4 is 11.6 Å². The highest BCUT2D eigenvalue weighted by molar-refractivity contribution is 5.92. The number of ketones is 2. The zero-order valence-corrected chi connectivity index (χ0v) is 13.7. The summed E-state index contributed by atoms with van der Waals surface area (Å²) in [6, 6.07) is 0. The number of carbonyl (C=O) groups excluding carboxylic acids is 2. The molecule has 3 fully saturated rings. The van der Waals surface area contributed by atoms with E-state index in [1.54, 1.807) is 0 Å². The molecule has 3 saturated carbocycles. The van der Waals surface area contributed by atoms with Gasteiger partial charge >= 0.3 is 0 Å². The molecule has 1 N–H and O–H groups in total. The highest BCUT2D eigenvalue weighted by atomic mass is 16.3. The van der Waals surface area contributed by atoms with E-state index in [1.165, 1.54) is 5.57 Å². The fraction of sp³-hybridized carbons (Fsp3) is 0.789. The molecule has 3 heteroatoms. The molecule has 0 radical (unpaired) electrons. The average molecular weight is 302 g/mol. The molecule has 0 unspecified atom stereocenters. The van der Waals surface area contributed by atoms with Crippen LogP contribution in [0.3, 0.4) is 0 Å². The third-order valence-corrected chi connectivity index (χ3v) is 7.86. The summed E-state index contributed by atoms with van der Waals surface area (Å²) in [6.07, 6.45) is 8.27. The van der Waals surface area contributed by atoms with Gasteiger partial charge in [0.05, 0.1) is 11.0 Å². The third-order valence-electron chi connectivity index (χ3n) is 7.86. The topological polar surface area (TPSA) is 54.4 Å². The van der Waals surface area contributed by atoms with Gasteiger partial charge in [-0.25, -0.2) is 0 Å². The molecule has 0 bridgehead atoms. The van der Waals surface area contributed by atoms with Crippen molar-refractivity contribution in [3.63, 3.8) is 0 Å². The van der Waals surface area contributed by atoms with Crippen LogP contribution in [0.25, 0.3) is 0 Å². The average Bonchev–Trinajstić information content (AvgIpc) is 2.72. The first-order valence-electron chi connectivity index (χ1n) is 8.81. The summed E-state index contributed by atoms with van der Waals surface area (Å²) >= 11 is 0. The van der Waals surface area contributed by atoms with E-state index in [0.29, 0.717) is 25.2 Å². The molecule has 0 aliphatic heterocycles. The monoisotopic (exact) mass is 302 g/mol. The van der Waals surface area contributed by atoms with Gasteiger partial charge in [-0.3, -0.25) is 9.59 Å². The van der Waals surface area contributed by atoms with E-state index < -0.39 is 11.0 Å². The maximum absolute atomic E-state index is 12.4. The van der Waals surface area contributed by atoms with Crippen LogP contribution in [0.5, 0.6) is 0 Å². The van der Waals surface area contributed by atoms with Gasteiger partial charge in [0, 0.05) is 12.8 Å². The van der Waals surface area contributed by atoms with Gasteiger partial charge in [0.15, 0.2) is 5.78 Å². The van der Waals surface area contributed by atoms with E-state index in [0.717, 1.165) is 32.1 Å². The SMILES string of the molecule is C[C@]12CCC(=O)C=C1CC[C@H]1[C@H]2CC[C@@]2(C)C(=O)CC[C@]12O. The second kappa shape index (κ2) is 4.31. The van der Waals surface area contributed by atoms with Crippen molar-refractivity contribution in [3.8, 4) is 0 Å². The van der Waals surface area contributed by atoms with Crippen molar-refractivity contribution < 1.29 is 14.7 Å². The minimum atomic E-state index is -0.816. The first-order valence-corrected chi connectivity index (χ1v) is 8.81. The Bertz CT molecular complexity index is 591. The molecule has 5 atom stereocenters. The number of carbonyl (C=O) groups is 2. The second-order valence-corrected chi connectivity index (χ2v) is 8.52. The highest BCUT2D eigenvalue weighted by Crippen LogP contribution is 2.65. The van der Waals surface area contributed by atoms with Gasteiger partial charge < -0.3 is 5.11 Å². The van der Waals surface area contributed by atoms with Crippen molar-refractivity contribution in [2.75, 3.05) is 0 Å². The minimum Gasteiger partial charge on any atom is -0.389 e. The van der Waals surface area contributed by atoms with Crippen LogP contribution in [0, 0.1) is 22.7 Å². The quantitative estimate of drug-likeness (QED) is 0.747. The molecule has 0 aromatic rings. The van der Waals surface area contributed by atoms with Crippen LogP contribution >= 0.6 is 0 Å². The summed E-state index contributed by atoms with van der Waals surface area (Å²) < 4.78 is 0. The molecule has 4 rings (SSSR count). The zero-order valence-electron chi connectivity index (χ0n) is 13.7. The van der Waals surface area contributed by atoms with Crippen LogP contribution in [0.15, 0.2) is 11.6 Å². The predicted octanol–water partition coefficient (Wildman–Crippen LogP) is 3.20. The fourth-order valence-electron chi connectivity index (χ4n) is 6.30. The molecule has 0 spiro atoms. The lowest BCUT2D eigenvalue weighted by atomic mass is 9.46. The first-order chi connectivity index (χ1) is 10.3. The lowest BCUT2D eigenvalue weighted by Gasteiger charge is -2.60. The summed E-state index contributed by atoms with van der Waals surface area (Å²) in [5.74, 6) is 1.16. The van der Waals surface area contributed by atoms with E-state index >= 15 is 0 Å². The van der Waals surface area contributed by atoms with Crippen molar-refractivity contribution in [1.29, 1.82) is 0 Å². The van der Waals surface area contributed by atoms with E-state index in [-0.39, 0.29) is 22.9 Å². The maximum atomic E-state index is 12.4. The molecular weight excluding hydrogens is 276 g/mol. The normalized spacial score (nSPS) is 51.0. The molecule has 3 nitrogen and oxygen atoms in total. The minimum absolute atomic E-state index is 0.0551. The Balaban J connectivity index is 1.76. The number of fused-ring (bicyclic) bond motifs is 5. The van der Waals surface area contributed by atoms with E-state index in [4.69, 9.17) is 0 Å². The molecule has 0 aromatic carbocycles. The van der Waals surface area contributed by atoms with Crippen LogP contribution in [0.1, 0.15) is 65.2 Å². The number of hydrogen-bond donors (Lipinski definition) is 1. The van der Waals surface area contributed by atoms with Crippen molar-refractivity contribution in [2.24, 2.45) is 22.7 Å². The zero-order chi connectivity index (χ0) is 15.8. The Hall–Kier alpha value is -0.960. The maximum Gasteiger partial charge on any atom is 0.155 e. The van der Waals surface area contributed by atoms with E-state index in [9.17, 15) is 14.7 Å². The van der Waals surface area contributed by atoms with E-state index in [2.05, 4.69) is 6.92 Å². The number of hydrogen-bond acceptors (Lipinski definition) is 3. The van der Waals surface area contributed by atoms with Crippen LogP contribution in [0.2, 0.25) is 0 Å². The molecular formula is C19H26O3. The van der Waals surface area contributed by atoms with Crippen molar-refractivity contribution in [2.45, 2.75) is 70.8 Å². The highest BCUT2D eigenvalue weighted by Gasteiger charge is 2.66. The largest absolute Gasteiger partial charge is 0.389 e. The Kier molecular flexibility index (Phi) is 2.87. The number of rotatable bonds is 0. The Morgan fingerprint density at radius 3 is 2.55 bits per heavy atom. The standard InChI is InChI=1S/C19H26O3/c1-17-8-5-13(20)11-12(17)3-4-15-14(17)6-9-18(2)16(21)7-10-19(15,18)22/h11,14-15,22H,3-10H2,1-2H3/t14-,15+,17+,18+,19+/m1/s1. The molecule has 120 valence electrons. The van der Waals surface area contributed by atoms with E-state index in [1.807, 2.05) is 13.0 Å². The van der Waals surface area contributed by atoms with Gasteiger partial charge in [0.25, 0.3) is 0 Å². The summed E-state index contributed by atoms with van der Waals surface area (Å²) in [7, 11) is 0. The first kappa shape index (κ1) is 14.6. The summed E-state index contributed by atoms with van der Waals surface area (Å²) in [5.41, 5.74) is 0.0141. The molecule has 22 heavy (non-hydrogen) atoms. The Morgan fingerprint density at radius 1 is 1.00 bits per heavy atom. The predicted molar refractivity (Wildman–Crippen MR) is 83.2 cm³/mol.